The van der Waals surface area contributed by atoms with Crippen LogP contribution in [-0.4, -0.2) is 19.4 Å². The highest BCUT2D eigenvalue weighted by Gasteiger charge is 1.68. The fraction of sp³-hybridized carbons (Fsp3) is 0.800. The molecule has 0 aliphatic carbocycles. The summed E-state index contributed by atoms with van der Waals surface area (Å²) in [5.74, 6) is 0. The Kier molecular flexibility index (Phi) is 5.33. The predicted molar refractivity (Wildman–Crippen MR) is 32.7 cm³/mol. The van der Waals surface area contributed by atoms with Crippen molar-refractivity contribution in [1.29, 1.82) is 0 Å². The van der Waals surface area contributed by atoms with E-state index in [0.717, 1.165) is 13.2 Å². The lowest BCUT2D eigenvalue weighted by molar-refractivity contribution is 0.745. The second-order valence-corrected chi connectivity index (χ2v) is 1.20. The van der Waals surface area contributed by atoms with E-state index in [1.807, 2.05) is 6.92 Å². The Labute approximate surface area is 44.6 Å². The summed E-state index contributed by atoms with van der Waals surface area (Å²) in [6, 6.07) is 0. The average molecular weight is 100 g/mol. The molecule has 0 heterocycles. The van der Waals surface area contributed by atoms with Crippen LogP contribution in [0.5, 0.6) is 0 Å². The van der Waals surface area contributed by atoms with Crippen molar-refractivity contribution in [1.82, 2.24) is 5.32 Å². The molecule has 7 heavy (non-hydrogen) atoms. The molecule has 0 aliphatic heterocycles. The van der Waals surface area contributed by atoms with Crippen LogP contribution in [0.15, 0.2) is 4.99 Å². The molecule has 0 atom stereocenters. The summed E-state index contributed by atoms with van der Waals surface area (Å²) in [6.45, 7) is 5.73. The van der Waals surface area contributed by atoms with Gasteiger partial charge < -0.3 is 0 Å². The van der Waals surface area contributed by atoms with Crippen molar-refractivity contribution in [3.8, 4) is 0 Å². The Morgan fingerprint density at radius 3 is 2.86 bits per heavy atom. The molecule has 0 aromatic rings. The quantitative estimate of drug-likeness (QED) is 0.408. The summed E-state index contributed by atoms with van der Waals surface area (Å²) < 4.78 is 0. The van der Waals surface area contributed by atoms with Crippen LogP contribution in [0, 0.1) is 0 Å². The number of aliphatic imine (C=N–C) groups is 1. The van der Waals surface area contributed by atoms with Crippen molar-refractivity contribution in [3.05, 3.63) is 0 Å². The van der Waals surface area contributed by atoms with Gasteiger partial charge in [0.15, 0.2) is 0 Å². The maximum Gasteiger partial charge on any atom is 0.0880 e. The fourth-order valence-electron chi connectivity index (χ4n) is 0.268. The second-order valence-electron chi connectivity index (χ2n) is 1.20. The van der Waals surface area contributed by atoms with E-state index >= 15 is 0 Å². The topological polar surface area (TPSA) is 24.4 Å². The van der Waals surface area contributed by atoms with E-state index < -0.39 is 0 Å². The van der Waals surface area contributed by atoms with E-state index in [9.17, 15) is 0 Å². The van der Waals surface area contributed by atoms with E-state index in [1.54, 1.807) is 6.21 Å². The first kappa shape index (κ1) is 6.63. The van der Waals surface area contributed by atoms with Gasteiger partial charge in [-0.15, -0.1) is 0 Å². The van der Waals surface area contributed by atoms with Crippen LogP contribution >= 0.6 is 0 Å². The molecule has 2 heteroatoms. The van der Waals surface area contributed by atoms with Gasteiger partial charge in [-0.1, -0.05) is 6.92 Å². The van der Waals surface area contributed by atoms with Gasteiger partial charge in [-0.05, 0) is 19.7 Å². The number of hydrogen-bond donors (Lipinski definition) is 1. The molecular formula is C5H12N2. The molecule has 0 rings (SSSR count). The van der Waals surface area contributed by atoms with E-state index in [0.29, 0.717) is 0 Å². The second kappa shape index (κ2) is 5.63. The predicted octanol–water partition coefficient (Wildman–Crippen LogP) is 0.644. The molecule has 42 valence electrons. The molecular weight excluding hydrogens is 88.1 g/mol. The van der Waals surface area contributed by atoms with Crippen LogP contribution < -0.4 is 5.32 Å². The van der Waals surface area contributed by atoms with Crippen LogP contribution in [0.25, 0.3) is 0 Å². The maximum absolute atomic E-state index is 3.93. The molecule has 0 radical (unpaired) electrons. The Bertz CT molecular complexity index is 50.0. The smallest absolute Gasteiger partial charge is 0.0880 e. The zero-order valence-corrected chi connectivity index (χ0v) is 4.94. The average Bonchev–Trinajstić information content (AvgIpc) is 1.69. The van der Waals surface area contributed by atoms with Gasteiger partial charge in [-0.2, -0.15) is 0 Å². The van der Waals surface area contributed by atoms with Crippen LogP contribution in [0.1, 0.15) is 13.8 Å². The standard InChI is InChI=1S/C5H12N2/c1-3-6-5-7-4-2/h3,7H,4-5H2,1-2H3. The molecule has 0 saturated heterocycles. The minimum Gasteiger partial charge on any atom is -0.299 e. The van der Waals surface area contributed by atoms with Gasteiger partial charge >= 0.3 is 0 Å². The van der Waals surface area contributed by atoms with Crippen molar-refractivity contribution < 1.29 is 0 Å². The Hall–Kier alpha value is -0.370. The summed E-state index contributed by atoms with van der Waals surface area (Å²) in [7, 11) is 0. The van der Waals surface area contributed by atoms with Gasteiger partial charge in [-0.3, -0.25) is 10.3 Å². The molecule has 1 N–H and O–H groups in total. The van der Waals surface area contributed by atoms with Gasteiger partial charge in [0.05, 0.1) is 6.67 Å². The van der Waals surface area contributed by atoms with Gasteiger partial charge in [0.1, 0.15) is 0 Å². The highest BCUT2D eigenvalue weighted by molar-refractivity contribution is 5.52. The molecule has 0 aromatic heterocycles. The van der Waals surface area contributed by atoms with Crippen LogP contribution in [0.2, 0.25) is 0 Å². The Morgan fingerprint density at radius 2 is 2.43 bits per heavy atom. The van der Waals surface area contributed by atoms with E-state index in [-0.39, 0.29) is 0 Å². The molecule has 0 fully saturated rings. The van der Waals surface area contributed by atoms with Crippen molar-refractivity contribution >= 4 is 6.21 Å². The van der Waals surface area contributed by atoms with Gasteiger partial charge in [0.25, 0.3) is 0 Å². The van der Waals surface area contributed by atoms with Crippen LogP contribution in [0.4, 0.5) is 0 Å². The number of hydrogen-bond acceptors (Lipinski definition) is 2. The Morgan fingerprint density at radius 1 is 1.71 bits per heavy atom. The largest absolute Gasteiger partial charge is 0.299 e. The first-order chi connectivity index (χ1) is 3.41. The van der Waals surface area contributed by atoms with Crippen molar-refractivity contribution in [3.63, 3.8) is 0 Å². The third-order valence-electron chi connectivity index (χ3n) is 0.636. The summed E-state index contributed by atoms with van der Waals surface area (Å²) in [5.41, 5.74) is 0. The molecule has 0 aromatic carbocycles. The fourth-order valence-corrected chi connectivity index (χ4v) is 0.268. The third kappa shape index (κ3) is 5.63. The summed E-state index contributed by atoms with van der Waals surface area (Å²) in [5, 5.41) is 3.05. The van der Waals surface area contributed by atoms with Gasteiger partial charge in [0.2, 0.25) is 0 Å². The molecule has 0 aliphatic rings. The highest BCUT2D eigenvalue weighted by Crippen LogP contribution is 1.58. The molecule has 0 bridgehead atoms. The summed E-state index contributed by atoms with van der Waals surface area (Å²) >= 11 is 0. The molecule has 0 unspecified atom stereocenters. The van der Waals surface area contributed by atoms with Gasteiger partial charge in [-0.25, -0.2) is 0 Å². The lowest BCUT2D eigenvalue weighted by atomic mass is 10.7. The Balaban J connectivity index is 2.69. The lowest BCUT2D eigenvalue weighted by Crippen LogP contribution is -2.11. The van der Waals surface area contributed by atoms with Gasteiger partial charge in [0, 0.05) is 0 Å². The van der Waals surface area contributed by atoms with Crippen molar-refractivity contribution in [2.24, 2.45) is 4.99 Å². The normalized spacial score (nSPS) is 10.6. The third-order valence-corrected chi connectivity index (χ3v) is 0.636. The lowest BCUT2D eigenvalue weighted by Gasteiger charge is -1.89. The summed E-state index contributed by atoms with van der Waals surface area (Å²) in [6.07, 6.45) is 1.79. The number of nitrogens with zero attached hydrogens (tertiary/aromatic N) is 1. The first-order valence-electron chi connectivity index (χ1n) is 2.57. The van der Waals surface area contributed by atoms with E-state index in [1.165, 1.54) is 0 Å². The molecule has 2 nitrogen and oxygen atoms in total. The molecule has 0 saturated carbocycles. The number of rotatable bonds is 3. The monoisotopic (exact) mass is 100 g/mol. The zero-order valence-electron chi connectivity index (χ0n) is 4.94. The number of nitrogens with one attached hydrogen (secondary N) is 1. The molecule has 0 amide bonds. The summed E-state index contributed by atoms with van der Waals surface area (Å²) in [4.78, 5) is 3.93. The van der Waals surface area contributed by atoms with Crippen molar-refractivity contribution in [2.75, 3.05) is 13.2 Å². The van der Waals surface area contributed by atoms with E-state index in [4.69, 9.17) is 0 Å². The zero-order chi connectivity index (χ0) is 5.54. The SMILES string of the molecule is CC=NCNCC. The first-order valence-corrected chi connectivity index (χ1v) is 2.57. The van der Waals surface area contributed by atoms with Crippen LogP contribution in [-0.2, 0) is 0 Å². The highest BCUT2D eigenvalue weighted by atomic mass is 15.0. The minimum atomic E-state index is 0.757. The minimum absolute atomic E-state index is 0.757. The molecule has 0 spiro atoms. The van der Waals surface area contributed by atoms with Crippen LogP contribution in [0.3, 0.4) is 0 Å². The maximum atomic E-state index is 3.93. The van der Waals surface area contributed by atoms with Crippen molar-refractivity contribution in [2.45, 2.75) is 13.8 Å². The van der Waals surface area contributed by atoms with E-state index in [2.05, 4.69) is 17.2 Å².